The molecule has 2 rings (SSSR count). The van der Waals surface area contributed by atoms with E-state index in [1.54, 1.807) is 0 Å². The van der Waals surface area contributed by atoms with Crippen LogP contribution in [-0.2, 0) is 0 Å². The quantitative estimate of drug-likeness (QED) is 0.362. The lowest BCUT2D eigenvalue weighted by molar-refractivity contribution is 0.0574. The Morgan fingerprint density at radius 3 is 2.61 bits per heavy atom. The summed E-state index contributed by atoms with van der Waals surface area (Å²) in [5.41, 5.74) is 0.407. The number of halogens is 2. The Morgan fingerprint density at radius 1 is 1.35 bits per heavy atom. The summed E-state index contributed by atoms with van der Waals surface area (Å²) < 4.78 is 0. The number of hydrogen-bond acceptors (Lipinski definition) is 2. The lowest BCUT2D eigenvalue weighted by Gasteiger charge is -2.22. The monoisotopic (exact) mass is 451 g/mol. The molecular formula is C17H27ClIN3O. The Kier molecular flexibility index (Phi) is 8.64. The second-order valence-electron chi connectivity index (χ2n) is 6.01. The summed E-state index contributed by atoms with van der Waals surface area (Å²) >= 11 is 6.24. The SMILES string of the molecule is CCNC(=NCC1(O)CCCC1)NC(C)c1ccccc1Cl.I. The summed E-state index contributed by atoms with van der Waals surface area (Å²) in [5, 5.41) is 17.8. The van der Waals surface area contributed by atoms with Crippen molar-refractivity contribution in [2.24, 2.45) is 4.99 Å². The highest BCUT2D eigenvalue weighted by Gasteiger charge is 2.30. The number of guanidine groups is 1. The summed E-state index contributed by atoms with van der Waals surface area (Å²) in [6, 6.07) is 7.84. The molecular weight excluding hydrogens is 425 g/mol. The Balaban J connectivity index is 0.00000264. The summed E-state index contributed by atoms with van der Waals surface area (Å²) in [4.78, 5) is 4.56. The van der Waals surface area contributed by atoms with Crippen molar-refractivity contribution in [3.63, 3.8) is 0 Å². The Bertz CT molecular complexity index is 518. The van der Waals surface area contributed by atoms with Crippen LogP contribution in [0.3, 0.4) is 0 Å². The molecule has 0 heterocycles. The predicted octanol–water partition coefficient (Wildman–Crippen LogP) is 3.88. The molecule has 0 saturated heterocycles. The highest BCUT2D eigenvalue weighted by atomic mass is 127. The summed E-state index contributed by atoms with van der Waals surface area (Å²) in [5.74, 6) is 0.718. The van der Waals surface area contributed by atoms with E-state index in [1.165, 1.54) is 0 Å². The van der Waals surface area contributed by atoms with Crippen molar-refractivity contribution in [2.45, 2.75) is 51.2 Å². The summed E-state index contributed by atoms with van der Waals surface area (Å²) in [7, 11) is 0. The molecule has 130 valence electrons. The van der Waals surface area contributed by atoms with Gasteiger partial charge in [-0.1, -0.05) is 42.6 Å². The van der Waals surface area contributed by atoms with Crippen LogP contribution in [0.15, 0.2) is 29.3 Å². The fourth-order valence-electron chi connectivity index (χ4n) is 2.85. The molecule has 1 atom stereocenters. The van der Waals surface area contributed by atoms with Gasteiger partial charge >= 0.3 is 0 Å². The van der Waals surface area contributed by atoms with Crippen molar-refractivity contribution >= 4 is 41.5 Å². The molecule has 0 radical (unpaired) electrons. The van der Waals surface area contributed by atoms with Gasteiger partial charge in [0.05, 0.1) is 18.2 Å². The van der Waals surface area contributed by atoms with Gasteiger partial charge in [0, 0.05) is 11.6 Å². The lowest BCUT2D eigenvalue weighted by Crippen LogP contribution is -2.40. The predicted molar refractivity (Wildman–Crippen MR) is 108 cm³/mol. The van der Waals surface area contributed by atoms with Crippen molar-refractivity contribution < 1.29 is 5.11 Å². The molecule has 1 saturated carbocycles. The van der Waals surface area contributed by atoms with Crippen molar-refractivity contribution in [3.05, 3.63) is 34.9 Å². The van der Waals surface area contributed by atoms with Gasteiger partial charge < -0.3 is 15.7 Å². The standard InChI is InChI=1S/C17H26ClN3O.HI/c1-3-19-16(20-12-17(22)10-6-7-11-17)21-13(2)14-8-4-5-9-15(14)18;/h4-5,8-9,13,22H,3,6-7,10-12H2,1-2H3,(H2,19,20,21);1H. The van der Waals surface area contributed by atoms with Crippen molar-refractivity contribution in [1.29, 1.82) is 0 Å². The molecule has 1 aliphatic carbocycles. The summed E-state index contributed by atoms with van der Waals surface area (Å²) in [6.07, 6.45) is 3.87. The first-order chi connectivity index (χ1) is 10.5. The molecule has 0 aliphatic heterocycles. The van der Waals surface area contributed by atoms with Gasteiger partial charge in [-0.25, -0.2) is 0 Å². The van der Waals surface area contributed by atoms with Crippen LogP contribution in [0.1, 0.15) is 51.1 Å². The number of nitrogens with zero attached hydrogens (tertiary/aromatic N) is 1. The van der Waals surface area contributed by atoms with Gasteiger partial charge in [-0.2, -0.15) is 0 Å². The van der Waals surface area contributed by atoms with Crippen LogP contribution < -0.4 is 10.6 Å². The van der Waals surface area contributed by atoms with E-state index in [1.807, 2.05) is 31.2 Å². The fourth-order valence-corrected chi connectivity index (χ4v) is 3.15. The molecule has 4 nitrogen and oxygen atoms in total. The van der Waals surface area contributed by atoms with E-state index < -0.39 is 5.60 Å². The van der Waals surface area contributed by atoms with Gasteiger partial charge in [-0.15, -0.1) is 24.0 Å². The van der Waals surface area contributed by atoms with Crippen LogP contribution in [0.25, 0.3) is 0 Å². The van der Waals surface area contributed by atoms with E-state index in [2.05, 4.69) is 22.5 Å². The number of rotatable bonds is 5. The second-order valence-corrected chi connectivity index (χ2v) is 6.42. The average Bonchev–Trinajstić information content (AvgIpc) is 2.93. The molecule has 1 unspecified atom stereocenters. The summed E-state index contributed by atoms with van der Waals surface area (Å²) in [6.45, 7) is 5.30. The molecule has 0 spiro atoms. The highest BCUT2D eigenvalue weighted by molar-refractivity contribution is 14.0. The maximum atomic E-state index is 10.4. The van der Waals surface area contributed by atoms with Crippen LogP contribution in [0.5, 0.6) is 0 Å². The van der Waals surface area contributed by atoms with Crippen LogP contribution in [0.2, 0.25) is 5.02 Å². The molecule has 23 heavy (non-hydrogen) atoms. The molecule has 1 aromatic rings. The minimum Gasteiger partial charge on any atom is -0.388 e. The molecule has 0 bridgehead atoms. The minimum absolute atomic E-state index is 0. The molecule has 3 N–H and O–H groups in total. The van der Waals surface area contributed by atoms with E-state index >= 15 is 0 Å². The van der Waals surface area contributed by atoms with Crippen LogP contribution in [0, 0.1) is 0 Å². The third-order valence-electron chi connectivity index (χ3n) is 4.13. The van der Waals surface area contributed by atoms with Crippen LogP contribution in [0.4, 0.5) is 0 Å². The Morgan fingerprint density at radius 2 is 2.00 bits per heavy atom. The van der Waals surface area contributed by atoms with E-state index in [4.69, 9.17) is 11.6 Å². The van der Waals surface area contributed by atoms with E-state index in [0.717, 1.165) is 48.8 Å². The second kappa shape index (κ2) is 9.69. The van der Waals surface area contributed by atoms with Crippen LogP contribution >= 0.6 is 35.6 Å². The zero-order valence-corrected chi connectivity index (χ0v) is 16.9. The molecule has 0 amide bonds. The number of benzene rings is 1. The number of nitrogens with one attached hydrogen (secondary N) is 2. The number of aliphatic hydroxyl groups is 1. The van der Waals surface area contributed by atoms with Gasteiger partial charge in [0.25, 0.3) is 0 Å². The van der Waals surface area contributed by atoms with E-state index in [-0.39, 0.29) is 30.0 Å². The fraction of sp³-hybridized carbons (Fsp3) is 0.588. The normalized spacial score (nSPS) is 18.2. The molecule has 1 aromatic carbocycles. The topological polar surface area (TPSA) is 56.7 Å². The van der Waals surface area contributed by atoms with Crippen molar-refractivity contribution in [3.8, 4) is 0 Å². The van der Waals surface area contributed by atoms with Gasteiger partial charge in [-0.05, 0) is 38.3 Å². The zero-order chi connectivity index (χ0) is 16.0. The van der Waals surface area contributed by atoms with Gasteiger partial charge in [-0.3, -0.25) is 4.99 Å². The third-order valence-corrected chi connectivity index (χ3v) is 4.48. The molecule has 0 aromatic heterocycles. The van der Waals surface area contributed by atoms with E-state index in [0.29, 0.717) is 6.54 Å². The number of hydrogen-bond donors (Lipinski definition) is 3. The van der Waals surface area contributed by atoms with Crippen molar-refractivity contribution in [1.82, 2.24) is 10.6 Å². The minimum atomic E-state index is -0.629. The first-order valence-corrected chi connectivity index (χ1v) is 8.43. The maximum Gasteiger partial charge on any atom is 0.191 e. The molecule has 1 aliphatic rings. The van der Waals surface area contributed by atoms with E-state index in [9.17, 15) is 5.11 Å². The first kappa shape index (κ1) is 20.5. The zero-order valence-electron chi connectivity index (χ0n) is 13.8. The Hall–Kier alpha value is -0.530. The van der Waals surface area contributed by atoms with Gasteiger partial charge in [0.2, 0.25) is 0 Å². The molecule has 6 heteroatoms. The average molecular weight is 452 g/mol. The maximum absolute atomic E-state index is 10.4. The van der Waals surface area contributed by atoms with Crippen molar-refractivity contribution in [2.75, 3.05) is 13.1 Å². The first-order valence-electron chi connectivity index (χ1n) is 8.06. The Labute approximate surface area is 161 Å². The largest absolute Gasteiger partial charge is 0.388 e. The smallest absolute Gasteiger partial charge is 0.191 e. The highest BCUT2D eigenvalue weighted by Crippen LogP contribution is 2.29. The van der Waals surface area contributed by atoms with Crippen LogP contribution in [-0.4, -0.2) is 29.8 Å². The third kappa shape index (κ3) is 6.12. The molecule has 1 fully saturated rings. The number of aliphatic imine (C=N–C) groups is 1. The lowest BCUT2D eigenvalue weighted by atomic mass is 10.0. The van der Waals surface area contributed by atoms with Gasteiger partial charge in [0.15, 0.2) is 5.96 Å². The van der Waals surface area contributed by atoms with Gasteiger partial charge in [0.1, 0.15) is 0 Å².